The first-order valence-electron chi connectivity index (χ1n) is 9.83. The van der Waals surface area contributed by atoms with Crippen LogP contribution in [0.3, 0.4) is 0 Å². The van der Waals surface area contributed by atoms with Crippen molar-refractivity contribution in [2.24, 2.45) is 0 Å². The van der Waals surface area contributed by atoms with Crippen molar-refractivity contribution in [3.63, 3.8) is 0 Å². The molecule has 0 aliphatic carbocycles. The van der Waals surface area contributed by atoms with Crippen LogP contribution in [0.1, 0.15) is 64.9 Å². The summed E-state index contributed by atoms with van der Waals surface area (Å²) in [6.45, 7) is 17.6. The summed E-state index contributed by atoms with van der Waals surface area (Å²) in [7, 11) is 0. The number of hydrogen-bond acceptors (Lipinski definition) is 2. The second-order valence-corrected chi connectivity index (χ2v) is 6.23. The van der Waals surface area contributed by atoms with Crippen LogP contribution in [0.2, 0.25) is 0 Å². The fourth-order valence-corrected chi connectivity index (χ4v) is 2.50. The van der Waals surface area contributed by atoms with Crippen molar-refractivity contribution < 1.29 is 0 Å². The van der Waals surface area contributed by atoms with Crippen molar-refractivity contribution in [1.29, 1.82) is 0 Å². The molecule has 0 spiro atoms. The molecule has 0 radical (unpaired) electrons. The van der Waals surface area contributed by atoms with Crippen molar-refractivity contribution in [1.82, 2.24) is 5.32 Å². The molecule has 0 saturated carbocycles. The summed E-state index contributed by atoms with van der Waals surface area (Å²) in [5.74, 6) is 0.737. The molecule has 2 N–H and O–H groups in total. The second kappa shape index (κ2) is 16.3. The number of allylic oxidation sites excluding steroid dienone is 3. The summed E-state index contributed by atoms with van der Waals surface area (Å²) < 4.78 is 0. The van der Waals surface area contributed by atoms with E-state index in [0.717, 1.165) is 24.4 Å². The highest BCUT2D eigenvalue weighted by Gasteiger charge is 1.96. The zero-order valence-electron chi connectivity index (χ0n) is 17.1. The molecule has 0 unspecified atom stereocenters. The fourth-order valence-electron chi connectivity index (χ4n) is 2.50. The van der Waals surface area contributed by atoms with Gasteiger partial charge in [-0.3, -0.25) is 0 Å². The first-order chi connectivity index (χ1) is 12.6. The Labute approximate surface area is 161 Å². The second-order valence-electron chi connectivity index (χ2n) is 6.23. The number of aryl methyl sites for hydroxylation is 1. The van der Waals surface area contributed by atoms with Gasteiger partial charge in [-0.2, -0.15) is 0 Å². The van der Waals surface area contributed by atoms with Crippen molar-refractivity contribution in [2.45, 2.75) is 65.7 Å². The van der Waals surface area contributed by atoms with Gasteiger partial charge in [0.2, 0.25) is 0 Å². The topological polar surface area (TPSA) is 24.1 Å². The summed E-state index contributed by atoms with van der Waals surface area (Å²) in [6.07, 6.45) is 14.3. The first kappa shape index (κ1) is 23.8. The lowest BCUT2D eigenvalue weighted by atomic mass is 10.1. The minimum Gasteiger partial charge on any atom is -0.349 e. The van der Waals surface area contributed by atoms with Crippen molar-refractivity contribution >= 4 is 5.69 Å². The zero-order chi connectivity index (χ0) is 19.6. The molecule has 1 aromatic rings. The Morgan fingerprint density at radius 2 is 1.62 bits per heavy atom. The standard InChI is InChI=1S/C16H24N2.C8H14/c1-4-6-7-8-9-15-10-12-16(13-11-15)18-14(3)17-5-2;1-4-7-8(5-2)6-3/h5,10-13,17-18H,2-4,6-9H2,1H3;4,7H,1,5-6H2,2-3H3. The molecule has 144 valence electrons. The number of benzene rings is 1. The van der Waals surface area contributed by atoms with Gasteiger partial charge in [-0.25, -0.2) is 0 Å². The maximum Gasteiger partial charge on any atom is 0.0997 e. The van der Waals surface area contributed by atoms with Crippen LogP contribution in [0.5, 0.6) is 0 Å². The van der Waals surface area contributed by atoms with Crippen LogP contribution in [0, 0.1) is 0 Å². The van der Waals surface area contributed by atoms with Crippen LogP contribution in [-0.2, 0) is 6.42 Å². The van der Waals surface area contributed by atoms with E-state index in [-0.39, 0.29) is 0 Å². The SMILES string of the molecule is C=CC=C(CC)CC.C=CNC(=C)Nc1ccc(CCCCCC)cc1. The summed E-state index contributed by atoms with van der Waals surface area (Å²) in [6, 6.07) is 8.53. The highest BCUT2D eigenvalue weighted by atomic mass is 15.1. The van der Waals surface area contributed by atoms with Crippen molar-refractivity contribution in [3.8, 4) is 0 Å². The molecule has 26 heavy (non-hydrogen) atoms. The van der Waals surface area contributed by atoms with Gasteiger partial charge in [0.05, 0.1) is 5.82 Å². The number of rotatable bonds is 12. The quantitative estimate of drug-likeness (QED) is 0.303. The van der Waals surface area contributed by atoms with Gasteiger partial charge in [0.15, 0.2) is 0 Å². The van der Waals surface area contributed by atoms with Crippen LogP contribution in [0.25, 0.3) is 0 Å². The molecule has 0 atom stereocenters. The molecule has 0 aliphatic rings. The van der Waals surface area contributed by atoms with Gasteiger partial charge in [0.1, 0.15) is 0 Å². The van der Waals surface area contributed by atoms with E-state index in [1.165, 1.54) is 43.2 Å². The molecule has 2 nitrogen and oxygen atoms in total. The maximum absolute atomic E-state index is 3.84. The van der Waals surface area contributed by atoms with Gasteiger partial charge in [0, 0.05) is 5.69 Å². The highest BCUT2D eigenvalue weighted by Crippen LogP contribution is 2.13. The lowest BCUT2D eigenvalue weighted by Crippen LogP contribution is -2.11. The minimum atomic E-state index is 0.737. The van der Waals surface area contributed by atoms with E-state index in [1.54, 1.807) is 6.20 Å². The third kappa shape index (κ3) is 12.2. The first-order valence-corrected chi connectivity index (χ1v) is 9.83. The van der Waals surface area contributed by atoms with E-state index >= 15 is 0 Å². The zero-order valence-corrected chi connectivity index (χ0v) is 17.1. The highest BCUT2D eigenvalue weighted by molar-refractivity contribution is 5.48. The number of anilines is 1. The fraction of sp³-hybridized carbons (Fsp3) is 0.417. The molecular formula is C24H38N2. The monoisotopic (exact) mass is 354 g/mol. The summed E-state index contributed by atoms with van der Waals surface area (Å²) in [5, 5.41) is 6.08. The molecule has 0 saturated heterocycles. The van der Waals surface area contributed by atoms with Gasteiger partial charge in [-0.1, -0.05) is 89.6 Å². The third-order valence-electron chi connectivity index (χ3n) is 4.11. The third-order valence-corrected chi connectivity index (χ3v) is 4.11. The smallest absolute Gasteiger partial charge is 0.0997 e. The van der Waals surface area contributed by atoms with Crippen LogP contribution < -0.4 is 10.6 Å². The number of nitrogens with one attached hydrogen (secondary N) is 2. The summed E-state index contributed by atoms with van der Waals surface area (Å²) >= 11 is 0. The predicted octanol–water partition coefficient (Wildman–Crippen LogP) is 7.34. The van der Waals surface area contributed by atoms with E-state index in [2.05, 4.69) is 81.5 Å². The van der Waals surface area contributed by atoms with Crippen LogP contribution in [-0.4, -0.2) is 0 Å². The summed E-state index contributed by atoms with van der Waals surface area (Å²) in [5.41, 5.74) is 3.92. The largest absolute Gasteiger partial charge is 0.349 e. The van der Waals surface area contributed by atoms with Crippen LogP contribution >= 0.6 is 0 Å². The Hall–Kier alpha value is -2.22. The Morgan fingerprint density at radius 3 is 2.08 bits per heavy atom. The molecule has 0 amide bonds. The molecule has 1 aromatic carbocycles. The molecule has 2 heteroatoms. The Bertz CT molecular complexity index is 532. The average Bonchev–Trinajstić information content (AvgIpc) is 2.65. The van der Waals surface area contributed by atoms with Crippen molar-refractivity contribution in [3.05, 3.63) is 79.3 Å². The Morgan fingerprint density at radius 1 is 0.962 bits per heavy atom. The van der Waals surface area contributed by atoms with Gasteiger partial charge < -0.3 is 10.6 Å². The van der Waals surface area contributed by atoms with E-state index in [0.29, 0.717) is 0 Å². The number of hydrogen-bond donors (Lipinski definition) is 2. The lowest BCUT2D eigenvalue weighted by molar-refractivity contribution is 0.667. The van der Waals surface area contributed by atoms with Gasteiger partial charge >= 0.3 is 0 Å². The summed E-state index contributed by atoms with van der Waals surface area (Å²) in [4.78, 5) is 0. The molecule has 1 rings (SSSR count). The molecule has 0 aromatic heterocycles. The molecule has 0 heterocycles. The van der Waals surface area contributed by atoms with Gasteiger partial charge in [-0.15, -0.1) is 0 Å². The van der Waals surface area contributed by atoms with Gasteiger partial charge in [0.25, 0.3) is 0 Å². The Kier molecular flexibility index (Phi) is 14.9. The van der Waals surface area contributed by atoms with E-state index < -0.39 is 0 Å². The van der Waals surface area contributed by atoms with Crippen LogP contribution in [0.4, 0.5) is 5.69 Å². The Balaban J connectivity index is 0.000000660. The van der Waals surface area contributed by atoms with E-state index in [1.807, 2.05) is 6.08 Å². The van der Waals surface area contributed by atoms with E-state index in [9.17, 15) is 0 Å². The van der Waals surface area contributed by atoms with E-state index in [4.69, 9.17) is 0 Å². The van der Waals surface area contributed by atoms with Crippen LogP contribution in [0.15, 0.2) is 73.7 Å². The average molecular weight is 355 g/mol. The lowest BCUT2D eigenvalue weighted by Gasteiger charge is -2.09. The molecular weight excluding hydrogens is 316 g/mol. The maximum atomic E-state index is 3.84. The normalized spacial score (nSPS) is 9.35. The van der Waals surface area contributed by atoms with Gasteiger partial charge in [-0.05, 0) is 49.6 Å². The van der Waals surface area contributed by atoms with Crippen molar-refractivity contribution in [2.75, 3.05) is 5.32 Å². The predicted molar refractivity (Wildman–Crippen MR) is 119 cm³/mol. The molecule has 0 bridgehead atoms. The number of unbranched alkanes of at least 4 members (excludes halogenated alkanes) is 3. The molecule has 0 aliphatic heterocycles. The minimum absolute atomic E-state index is 0.737. The molecule has 0 fully saturated rings.